The molecule has 0 unspecified atom stereocenters. The minimum Gasteiger partial charge on any atom is -0.493 e. The number of aromatic nitrogens is 2. The molecule has 0 spiro atoms. The van der Waals surface area contributed by atoms with E-state index in [1.54, 1.807) is 13.2 Å². The average molecular weight is 411 g/mol. The smallest absolute Gasteiger partial charge is 0.277 e. The Labute approximate surface area is 173 Å². The van der Waals surface area contributed by atoms with Crippen LogP contribution in [0.4, 0.5) is 5.69 Å². The minimum atomic E-state index is 0.0344. The van der Waals surface area contributed by atoms with Gasteiger partial charge in [-0.3, -0.25) is 4.79 Å². The first kappa shape index (κ1) is 19.3. The summed E-state index contributed by atoms with van der Waals surface area (Å²) in [5.74, 6) is 1.85. The van der Waals surface area contributed by atoms with Crippen molar-refractivity contribution in [3.63, 3.8) is 0 Å². The zero-order valence-corrected chi connectivity index (χ0v) is 16.9. The number of carbonyl (C=O) groups excluding carboxylic acids is 1. The summed E-state index contributed by atoms with van der Waals surface area (Å²) >= 11 is 1.24. The number of rotatable bonds is 7. The Balaban J connectivity index is 1.32. The molecule has 2 aromatic carbocycles. The lowest BCUT2D eigenvalue weighted by Gasteiger charge is -2.29. The number of thioether (sulfide) groups is 1. The molecule has 4 rings (SSSR count). The molecule has 0 radical (unpaired) electrons. The Morgan fingerprint density at radius 3 is 2.79 bits per heavy atom. The first-order chi connectivity index (χ1) is 14.2. The third kappa shape index (κ3) is 4.54. The van der Waals surface area contributed by atoms with Crippen molar-refractivity contribution in [3.05, 3.63) is 60.0 Å². The predicted octanol–water partition coefficient (Wildman–Crippen LogP) is 3.73. The lowest BCUT2D eigenvalue weighted by atomic mass is 10.0. The second kappa shape index (κ2) is 9.00. The second-order valence-electron chi connectivity index (χ2n) is 6.47. The van der Waals surface area contributed by atoms with Gasteiger partial charge in [-0.05, 0) is 36.6 Å². The highest BCUT2D eigenvalue weighted by atomic mass is 32.2. The van der Waals surface area contributed by atoms with Gasteiger partial charge in [-0.25, -0.2) is 0 Å². The van der Waals surface area contributed by atoms with E-state index in [4.69, 9.17) is 13.9 Å². The number of para-hydroxylation sites is 3. The molecule has 0 N–H and O–H groups in total. The van der Waals surface area contributed by atoms with Crippen molar-refractivity contribution in [2.45, 2.75) is 24.7 Å². The molecule has 1 aliphatic rings. The van der Waals surface area contributed by atoms with E-state index in [-0.39, 0.29) is 18.3 Å². The van der Waals surface area contributed by atoms with Crippen molar-refractivity contribution in [2.75, 3.05) is 24.3 Å². The third-order valence-electron chi connectivity index (χ3n) is 4.60. The molecule has 0 atom stereocenters. The number of hydrogen-bond acceptors (Lipinski definition) is 7. The van der Waals surface area contributed by atoms with Crippen LogP contribution in [0.15, 0.2) is 58.2 Å². The van der Waals surface area contributed by atoms with Gasteiger partial charge in [0.05, 0.1) is 12.9 Å². The number of benzene rings is 2. The minimum absolute atomic E-state index is 0.0344. The Bertz CT molecular complexity index is 991. The predicted molar refractivity (Wildman–Crippen MR) is 109 cm³/mol. The number of fused-ring (bicyclic) bond motifs is 1. The summed E-state index contributed by atoms with van der Waals surface area (Å²) < 4.78 is 16.5. The van der Waals surface area contributed by atoms with Crippen molar-refractivity contribution < 1.29 is 18.7 Å². The topological polar surface area (TPSA) is 77.7 Å². The Kier molecular flexibility index (Phi) is 6.00. The van der Waals surface area contributed by atoms with Gasteiger partial charge in [0.1, 0.15) is 0 Å². The van der Waals surface area contributed by atoms with Gasteiger partial charge in [0.2, 0.25) is 5.91 Å². The normalized spacial score (nSPS) is 13.1. The Morgan fingerprint density at radius 2 is 1.93 bits per heavy atom. The van der Waals surface area contributed by atoms with Gasteiger partial charge in [-0.2, -0.15) is 0 Å². The third-order valence-corrected chi connectivity index (χ3v) is 5.40. The van der Waals surface area contributed by atoms with Crippen LogP contribution in [-0.4, -0.2) is 35.5 Å². The molecular weight excluding hydrogens is 390 g/mol. The van der Waals surface area contributed by atoms with E-state index in [2.05, 4.69) is 16.3 Å². The second-order valence-corrected chi connectivity index (χ2v) is 7.39. The number of amides is 1. The van der Waals surface area contributed by atoms with E-state index >= 15 is 0 Å². The van der Waals surface area contributed by atoms with Crippen molar-refractivity contribution in [1.29, 1.82) is 0 Å². The van der Waals surface area contributed by atoms with Crippen LogP contribution in [0.1, 0.15) is 17.9 Å². The number of carbonyl (C=O) groups is 1. The summed E-state index contributed by atoms with van der Waals surface area (Å²) in [6.07, 6.45) is 1.98. The number of nitrogens with zero attached hydrogens (tertiary/aromatic N) is 3. The summed E-state index contributed by atoms with van der Waals surface area (Å²) in [5, 5.41) is 8.33. The fraction of sp³-hybridized carbons (Fsp3) is 0.286. The van der Waals surface area contributed by atoms with E-state index in [0.29, 0.717) is 22.6 Å². The first-order valence-electron chi connectivity index (χ1n) is 9.34. The molecule has 0 bridgehead atoms. The molecule has 7 nitrogen and oxygen atoms in total. The number of methoxy groups -OCH3 is 1. The molecular formula is C21H21N3O4S. The average Bonchev–Trinajstić information content (AvgIpc) is 3.23. The summed E-state index contributed by atoms with van der Waals surface area (Å²) in [5.41, 5.74) is 2.21. The molecule has 1 amide bonds. The van der Waals surface area contributed by atoms with E-state index in [1.165, 1.54) is 17.3 Å². The van der Waals surface area contributed by atoms with Crippen molar-refractivity contribution >= 4 is 23.4 Å². The SMILES string of the molecule is COc1ccccc1OCc1nnc(SCC(=O)N2CCCc3ccccc32)o1. The van der Waals surface area contributed by atoms with Gasteiger partial charge >= 0.3 is 0 Å². The Hall–Kier alpha value is -3.00. The lowest BCUT2D eigenvalue weighted by Crippen LogP contribution is -2.36. The standard InChI is InChI=1S/C21H21N3O4S/c1-26-17-10-4-5-11-18(17)27-13-19-22-23-21(28-19)29-14-20(25)24-12-6-8-15-7-2-3-9-16(15)24/h2-5,7,9-11H,6,8,12-14H2,1H3. The fourth-order valence-electron chi connectivity index (χ4n) is 3.23. The van der Waals surface area contributed by atoms with Crippen LogP contribution in [0, 0.1) is 0 Å². The molecule has 0 saturated heterocycles. The van der Waals surface area contributed by atoms with Gasteiger partial charge < -0.3 is 18.8 Å². The zero-order chi connectivity index (χ0) is 20.1. The molecule has 150 valence electrons. The summed E-state index contributed by atoms with van der Waals surface area (Å²) in [6.45, 7) is 0.861. The van der Waals surface area contributed by atoms with E-state index in [1.807, 2.05) is 41.3 Å². The quantitative estimate of drug-likeness (QED) is 0.548. The molecule has 1 aromatic heterocycles. The maximum absolute atomic E-state index is 12.7. The van der Waals surface area contributed by atoms with Crippen LogP contribution in [0.5, 0.6) is 11.5 Å². The van der Waals surface area contributed by atoms with Gasteiger partial charge in [0.25, 0.3) is 11.1 Å². The maximum Gasteiger partial charge on any atom is 0.277 e. The van der Waals surface area contributed by atoms with Gasteiger partial charge in [0, 0.05) is 12.2 Å². The molecule has 1 aliphatic heterocycles. The summed E-state index contributed by atoms with van der Waals surface area (Å²) in [6, 6.07) is 15.4. The van der Waals surface area contributed by atoms with Crippen LogP contribution in [0.25, 0.3) is 0 Å². The van der Waals surface area contributed by atoms with Crippen molar-refractivity contribution in [1.82, 2.24) is 10.2 Å². The van der Waals surface area contributed by atoms with Gasteiger partial charge in [-0.1, -0.05) is 42.1 Å². The molecule has 0 aliphatic carbocycles. The Morgan fingerprint density at radius 1 is 1.14 bits per heavy atom. The van der Waals surface area contributed by atoms with Gasteiger partial charge in [0.15, 0.2) is 18.1 Å². The highest BCUT2D eigenvalue weighted by Gasteiger charge is 2.22. The van der Waals surface area contributed by atoms with Crippen LogP contribution in [0.2, 0.25) is 0 Å². The lowest BCUT2D eigenvalue weighted by molar-refractivity contribution is -0.116. The molecule has 0 saturated carbocycles. The fourth-order valence-corrected chi connectivity index (χ4v) is 3.88. The van der Waals surface area contributed by atoms with Crippen LogP contribution in [0.3, 0.4) is 0 Å². The first-order valence-corrected chi connectivity index (χ1v) is 10.3. The van der Waals surface area contributed by atoms with Crippen LogP contribution in [-0.2, 0) is 17.8 Å². The van der Waals surface area contributed by atoms with E-state index < -0.39 is 0 Å². The molecule has 0 fully saturated rings. The van der Waals surface area contributed by atoms with E-state index in [9.17, 15) is 4.79 Å². The maximum atomic E-state index is 12.7. The van der Waals surface area contributed by atoms with Gasteiger partial charge in [-0.15, -0.1) is 10.2 Å². The molecule has 3 aromatic rings. The highest BCUT2D eigenvalue weighted by molar-refractivity contribution is 7.99. The monoisotopic (exact) mass is 411 g/mol. The molecule has 2 heterocycles. The number of hydrogen-bond donors (Lipinski definition) is 0. The number of aryl methyl sites for hydroxylation is 1. The molecule has 8 heteroatoms. The number of anilines is 1. The summed E-state index contributed by atoms with van der Waals surface area (Å²) in [7, 11) is 1.58. The van der Waals surface area contributed by atoms with Crippen molar-refractivity contribution in [2.24, 2.45) is 0 Å². The zero-order valence-electron chi connectivity index (χ0n) is 16.0. The summed E-state index contributed by atoms with van der Waals surface area (Å²) in [4.78, 5) is 14.5. The van der Waals surface area contributed by atoms with Crippen molar-refractivity contribution in [3.8, 4) is 11.5 Å². The molecule has 29 heavy (non-hydrogen) atoms. The largest absolute Gasteiger partial charge is 0.493 e. The number of ether oxygens (including phenoxy) is 2. The highest BCUT2D eigenvalue weighted by Crippen LogP contribution is 2.29. The van der Waals surface area contributed by atoms with Crippen LogP contribution >= 0.6 is 11.8 Å². The van der Waals surface area contributed by atoms with Crippen LogP contribution < -0.4 is 14.4 Å². The van der Waals surface area contributed by atoms with E-state index in [0.717, 1.165) is 25.1 Å².